The zero-order valence-corrected chi connectivity index (χ0v) is 13.6. The fourth-order valence-corrected chi connectivity index (χ4v) is 1.83. The summed E-state index contributed by atoms with van der Waals surface area (Å²) in [5.74, 6) is 0.789. The molecule has 0 atom stereocenters. The number of methoxy groups -OCH3 is 1. The van der Waals surface area contributed by atoms with Gasteiger partial charge < -0.3 is 15.0 Å². The number of carbonyl (C=O) groups is 1. The van der Waals surface area contributed by atoms with E-state index in [1.165, 1.54) is 0 Å². The Labute approximate surface area is 132 Å². The van der Waals surface area contributed by atoms with Gasteiger partial charge in [-0.3, -0.25) is 0 Å². The average molecular weight is 306 g/mol. The van der Waals surface area contributed by atoms with Crippen molar-refractivity contribution in [2.45, 2.75) is 19.3 Å². The summed E-state index contributed by atoms with van der Waals surface area (Å²) < 4.78 is 5.07. The van der Waals surface area contributed by atoms with Crippen LogP contribution < -0.4 is 15.5 Å². The summed E-state index contributed by atoms with van der Waals surface area (Å²) in [4.78, 5) is 13.7. The van der Waals surface area contributed by atoms with E-state index in [-0.39, 0.29) is 6.03 Å². The van der Waals surface area contributed by atoms with Crippen molar-refractivity contribution in [2.75, 3.05) is 34.3 Å². The van der Waals surface area contributed by atoms with Crippen molar-refractivity contribution in [3.05, 3.63) is 29.8 Å². The zero-order valence-electron chi connectivity index (χ0n) is 13.6. The Morgan fingerprint density at radius 2 is 1.95 bits per heavy atom. The van der Waals surface area contributed by atoms with Gasteiger partial charge in [0.25, 0.3) is 0 Å². The first kappa shape index (κ1) is 18.0. The molecule has 0 unspecified atom stereocenters. The second kappa shape index (κ2) is 10.6. The standard InChI is InChI=1S/C16H26N4O2/c1-20(2)12-6-4-5-11-17-16(21)19-18-13-14-7-9-15(22-3)10-8-14/h7-10,13H,4-6,11-12H2,1-3H3,(H2,17,19,21)/b18-13-. The number of hydrogen-bond acceptors (Lipinski definition) is 4. The first-order valence-corrected chi connectivity index (χ1v) is 7.47. The van der Waals surface area contributed by atoms with Gasteiger partial charge in [-0.05, 0) is 63.3 Å². The quantitative estimate of drug-likeness (QED) is 0.417. The van der Waals surface area contributed by atoms with Crippen molar-refractivity contribution in [3.8, 4) is 5.75 Å². The summed E-state index contributed by atoms with van der Waals surface area (Å²) in [5.41, 5.74) is 3.34. The fourth-order valence-electron chi connectivity index (χ4n) is 1.83. The highest BCUT2D eigenvalue weighted by atomic mass is 16.5. The number of hydrazone groups is 1. The van der Waals surface area contributed by atoms with E-state index in [0.717, 1.165) is 37.1 Å². The molecule has 22 heavy (non-hydrogen) atoms. The van der Waals surface area contributed by atoms with E-state index < -0.39 is 0 Å². The number of nitrogens with one attached hydrogen (secondary N) is 2. The molecule has 0 saturated carbocycles. The molecule has 0 aromatic heterocycles. The van der Waals surface area contributed by atoms with Crippen molar-refractivity contribution >= 4 is 12.2 Å². The molecule has 6 heteroatoms. The lowest BCUT2D eigenvalue weighted by atomic mass is 10.2. The molecule has 2 N–H and O–H groups in total. The predicted molar refractivity (Wildman–Crippen MR) is 89.5 cm³/mol. The van der Waals surface area contributed by atoms with Gasteiger partial charge in [-0.1, -0.05) is 6.42 Å². The molecule has 0 heterocycles. The number of benzene rings is 1. The highest BCUT2D eigenvalue weighted by molar-refractivity contribution is 5.81. The average Bonchev–Trinajstić information content (AvgIpc) is 2.51. The largest absolute Gasteiger partial charge is 0.497 e. The summed E-state index contributed by atoms with van der Waals surface area (Å²) in [6.07, 6.45) is 4.82. The van der Waals surface area contributed by atoms with Crippen molar-refractivity contribution < 1.29 is 9.53 Å². The molecule has 0 aliphatic heterocycles. The Balaban J connectivity index is 2.13. The molecule has 0 radical (unpaired) electrons. The maximum Gasteiger partial charge on any atom is 0.335 e. The van der Waals surface area contributed by atoms with E-state index in [1.54, 1.807) is 13.3 Å². The second-order valence-corrected chi connectivity index (χ2v) is 5.26. The molecule has 0 bridgehead atoms. The van der Waals surface area contributed by atoms with E-state index in [4.69, 9.17) is 4.74 Å². The van der Waals surface area contributed by atoms with Crippen molar-refractivity contribution in [1.82, 2.24) is 15.6 Å². The van der Waals surface area contributed by atoms with Crippen LogP contribution in [0.2, 0.25) is 0 Å². The van der Waals surface area contributed by atoms with Crippen LogP contribution in [0.5, 0.6) is 5.75 Å². The van der Waals surface area contributed by atoms with Crippen LogP contribution >= 0.6 is 0 Å². The van der Waals surface area contributed by atoms with Gasteiger partial charge >= 0.3 is 6.03 Å². The number of rotatable bonds is 9. The van der Waals surface area contributed by atoms with Gasteiger partial charge in [-0.15, -0.1) is 0 Å². The third-order valence-corrected chi connectivity index (χ3v) is 3.06. The van der Waals surface area contributed by atoms with Crippen molar-refractivity contribution in [1.29, 1.82) is 0 Å². The smallest absolute Gasteiger partial charge is 0.335 e. The lowest BCUT2D eigenvalue weighted by Gasteiger charge is -2.08. The maximum absolute atomic E-state index is 11.5. The Hall–Kier alpha value is -2.08. The molecular formula is C16H26N4O2. The first-order chi connectivity index (χ1) is 10.6. The van der Waals surface area contributed by atoms with Gasteiger partial charge in [0.15, 0.2) is 0 Å². The maximum atomic E-state index is 11.5. The number of hydrogen-bond donors (Lipinski definition) is 2. The van der Waals surface area contributed by atoms with E-state index in [1.807, 2.05) is 24.3 Å². The molecule has 1 aromatic carbocycles. The van der Waals surface area contributed by atoms with E-state index in [0.29, 0.717) is 6.54 Å². The summed E-state index contributed by atoms with van der Waals surface area (Å²) in [5, 5.41) is 6.68. The normalized spacial score (nSPS) is 10.9. The predicted octanol–water partition coefficient (Wildman–Crippen LogP) is 2.06. The van der Waals surface area contributed by atoms with Crippen LogP contribution in [0.4, 0.5) is 4.79 Å². The summed E-state index contributed by atoms with van der Waals surface area (Å²) in [7, 11) is 5.74. The number of urea groups is 1. The van der Waals surface area contributed by atoms with Gasteiger partial charge in [0.2, 0.25) is 0 Å². The number of ether oxygens (including phenoxy) is 1. The number of carbonyl (C=O) groups excluding carboxylic acids is 1. The Morgan fingerprint density at radius 3 is 2.59 bits per heavy atom. The van der Waals surface area contributed by atoms with Gasteiger partial charge in [0, 0.05) is 6.54 Å². The lowest BCUT2D eigenvalue weighted by molar-refractivity contribution is 0.241. The molecule has 0 fully saturated rings. The number of amides is 2. The molecule has 122 valence electrons. The van der Waals surface area contributed by atoms with Crippen LogP contribution in [-0.2, 0) is 0 Å². The van der Waals surface area contributed by atoms with Crippen LogP contribution in [0, 0.1) is 0 Å². The van der Waals surface area contributed by atoms with Crippen molar-refractivity contribution in [2.24, 2.45) is 5.10 Å². The molecule has 1 aromatic rings. The van der Waals surface area contributed by atoms with Gasteiger partial charge in [-0.2, -0.15) is 5.10 Å². The molecular weight excluding hydrogens is 280 g/mol. The fraction of sp³-hybridized carbons (Fsp3) is 0.500. The monoisotopic (exact) mass is 306 g/mol. The minimum Gasteiger partial charge on any atom is -0.497 e. The van der Waals surface area contributed by atoms with Gasteiger partial charge in [-0.25, -0.2) is 10.2 Å². The molecule has 0 aliphatic rings. The summed E-state index contributed by atoms with van der Waals surface area (Å²) in [6, 6.07) is 7.14. The molecule has 0 saturated heterocycles. The van der Waals surface area contributed by atoms with Crippen LogP contribution in [0.1, 0.15) is 24.8 Å². The van der Waals surface area contributed by atoms with E-state index in [9.17, 15) is 4.79 Å². The second-order valence-electron chi connectivity index (χ2n) is 5.26. The molecule has 1 rings (SSSR count). The van der Waals surface area contributed by atoms with Crippen molar-refractivity contribution in [3.63, 3.8) is 0 Å². The van der Waals surface area contributed by atoms with Crippen LogP contribution in [0.25, 0.3) is 0 Å². The zero-order chi connectivity index (χ0) is 16.2. The third-order valence-electron chi connectivity index (χ3n) is 3.06. The first-order valence-electron chi connectivity index (χ1n) is 7.47. The summed E-state index contributed by atoms with van der Waals surface area (Å²) in [6.45, 7) is 1.75. The van der Waals surface area contributed by atoms with Gasteiger partial charge in [0.05, 0.1) is 13.3 Å². The van der Waals surface area contributed by atoms with Gasteiger partial charge in [0.1, 0.15) is 5.75 Å². The number of unbranched alkanes of at least 4 members (excludes halogenated alkanes) is 2. The summed E-state index contributed by atoms with van der Waals surface area (Å²) >= 11 is 0. The third kappa shape index (κ3) is 8.26. The minimum atomic E-state index is -0.280. The molecule has 2 amide bonds. The SMILES string of the molecule is COc1ccc(/C=N\NC(=O)NCCCCCN(C)C)cc1. The van der Waals surface area contributed by atoms with Crippen LogP contribution in [0.15, 0.2) is 29.4 Å². The molecule has 0 spiro atoms. The van der Waals surface area contributed by atoms with Crippen LogP contribution in [0.3, 0.4) is 0 Å². The lowest BCUT2D eigenvalue weighted by Crippen LogP contribution is -2.33. The highest BCUT2D eigenvalue weighted by Gasteiger charge is 1.97. The number of nitrogens with zero attached hydrogens (tertiary/aromatic N) is 2. The molecule has 0 aliphatic carbocycles. The van der Waals surface area contributed by atoms with Crippen LogP contribution in [-0.4, -0.2) is 51.4 Å². The highest BCUT2D eigenvalue weighted by Crippen LogP contribution is 2.09. The topological polar surface area (TPSA) is 66.0 Å². The van der Waals surface area contributed by atoms with E-state index >= 15 is 0 Å². The Morgan fingerprint density at radius 1 is 1.23 bits per heavy atom. The minimum absolute atomic E-state index is 0.280. The Kier molecular flexibility index (Phi) is 8.67. The Bertz CT molecular complexity index is 458. The molecule has 6 nitrogen and oxygen atoms in total. The van der Waals surface area contributed by atoms with E-state index in [2.05, 4.69) is 34.8 Å².